The Balaban J connectivity index is 0.000000238. The zero-order valence-electron chi connectivity index (χ0n) is 19.0. The first-order chi connectivity index (χ1) is 16.1. The van der Waals surface area contributed by atoms with Crippen molar-refractivity contribution in [2.75, 3.05) is 31.5 Å². The van der Waals surface area contributed by atoms with Crippen molar-refractivity contribution >= 4 is 43.8 Å². The summed E-state index contributed by atoms with van der Waals surface area (Å²) in [5.74, 6) is 2.08. The number of thiophene rings is 1. The van der Waals surface area contributed by atoms with Crippen LogP contribution in [-0.4, -0.2) is 42.1 Å². The second kappa shape index (κ2) is 10.1. The number of nitrogens with two attached hydrogens (primary N) is 1. The van der Waals surface area contributed by atoms with E-state index in [1.54, 1.807) is 35.1 Å². The van der Waals surface area contributed by atoms with Gasteiger partial charge in [0, 0.05) is 35.6 Å². The molecule has 1 aliphatic carbocycles. The Hall–Kier alpha value is -1.91. The second-order valence-electron chi connectivity index (χ2n) is 9.13. The van der Waals surface area contributed by atoms with Crippen LogP contribution in [0.2, 0.25) is 0 Å². The fourth-order valence-electron chi connectivity index (χ4n) is 5.21. The molecule has 176 valence electrons. The Bertz CT molecular complexity index is 1070. The van der Waals surface area contributed by atoms with E-state index in [9.17, 15) is 4.79 Å². The van der Waals surface area contributed by atoms with Gasteiger partial charge < -0.3 is 21.7 Å². The van der Waals surface area contributed by atoms with Gasteiger partial charge in [-0.2, -0.15) is 0 Å². The molecule has 0 bridgehead atoms. The number of carbonyl (C=O) groups is 1. The third-order valence-corrected chi connectivity index (χ3v) is 9.30. The van der Waals surface area contributed by atoms with Gasteiger partial charge in [-0.15, -0.1) is 22.7 Å². The average molecular weight is 485 g/mol. The molecule has 1 saturated heterocycles. The quantitative estimate of drug-likeness (QED) is 0.447. The van der Waals surface area contributed by atoms with E-state index in [1.165, 1.54) is 42.8 Å². The van der Waals surface area contributed by atoms with Gasteiger partial charge in [-0.1, -0.05) is 6.42 Å². The van der Waals surface area contributed by atoms with Crippen molar-refractivity contribution in [1.82, 2.24) is 20.6 Å². The van der Waals surface area contributed by atoms with Gasteiger partial charge in [0.2, 0.25) is 5.91 Å². The monoisotopic (exact) mass is 484 g/mol. The number of hydrogen-bond acceptors (Lipinski definition) is 8. The molecule has 0 aromatic carbocycles. The minimum absolute atomic E-state index is 0.0502. The van der Waals surface area contributed by atoms with Gasteiger partial charge in [-0.05, 0) is 69.3 Å². The zero-order valence-corrected chi connectivity index (χ0v) is 20.7. The largest absolute Gasteiger partial charge is 0.330 e. The van der Waals surface area contributed by atoms with Crippen LogP contribution in [0.4, 0.5) is 5.00 Å². The predicted molar refractivity (Wildman–Crippen MR) is 137 cm³/mol. The van der Waals surface area contributed by atoms with Crippen molar-refractivity contribution < 1.29 is 4.79 Å². The molecule has 1 saturated carbocycles. The lowest BCUT2D eigenvalue weighted by atomic mass is 10.0. The van der Waals surface area contributed by atoms with Crippen molar-refractivity contribution in [3.8, 4) is 10.6 Å². The molecule has 3 aromatic heterocycles. The number of nitrogens with zero attached hydrogens (tertiary/aromatic N) is 2. The Kier molecular flexibility index (Phi) is 7.03. The third-order valence-electron chi connectivity index (χ3n) is 6.91. The van der Waals surface area contributed by atoms with Gasteiger partial charge in [0.05, 0.1) is 10.9 Å². The maximum absolute atomic E-state index is 12.1. The van der Waals surface area contributed by atoms with E-state index in [0.29, 0.717) is 13.0 Å². The van der Waals surface area contributed by atoms with Gasteiger partial charge in [-0.3, -0.25) is 9.78 Å². The minimum Gasteiger partial charge on any atom is -0.330 e. The standard InChI is InChI=1S/C17H19N5OS2.C7H13N/c1-9-15-10(3-7-20-9)14(17(25-15)22-13(23)2-5-18)16-21-11-8-19-6-4-12(11)24-16;1-2-6-4-8-5-7(6)3-1/h4,6,8-9,20H,2-3,5,7,18H2,1H3,(H,22,23);6-8H,1-5H2. The maximum atomic E-state index is 12.1. The number of amides is 1. The van der Waals surface area contributed by atoms with Crippen molar-refractivity contribution in [3.63, 3.8) is 0 Å². The van der Waals surface area contributed by atoms with Crippen molar-refractivity contribution in [2.24, 2.45) is 17.6 Å². The topological polar surface area (TPSA) is 105 Å². The van der Waals surface area contributed by atoms with Gasteiger partial charge in [-0.25, -0.2) is 4.98 Å². The molecule has 2 aliphatic heterocycles. The lowest BCUT2D eigenvalue weighted by Gasteiger charge is -2.20. The third kappa shape index (κ3) is 4.83. The first kappa shape index (κ1) is 22.9. The summed E-state index contributed by atoms with van der Waals surface area (Å²) in [5, 5.41) is 11.8. The number of anilines is 1. The fraction of sp³-hybridized carbons (Fsp3) is 0.542. The SMILES string of the molecule is C1CC2CNCC2C1.CC1NCCc2c1sc(NC(=O)CCN)c2-c1nc2cnccc2s1. The van der Waals surface area contributed by atoms with E-state index in [1.807, 2.05) is 6.07 Å². The Morgan fingerprint density at radius 2 is 2.09 bits per heavy atom. The fourth-order valence-corrected chi connectivity index (χ4v) is 7.58. The molecule has 0 spiro atoms. The lowest BCUT2D eigenvalue weighted by molar-refractivity contribution is -0.116. The van der Waals surface area contributed by atoms with Gasteiger partial charge in [0.15, 0.2) is 0 Å². The van der Waals surface area contributed by atoms with Crippen LogP contribution in [0, 0.1) is 11.8 Å². The van der Waals surface area contributed by atoms with E-state index in [4.69, 9.17) is 10.7 Å². The summed E-state index contributed by atoms with van der Waals surface area (Å²) in [6.45, 7) is 6.05. The number of carbonyl (C=O) groups excluding carboxylic acids is 1. The summed E-state index contributed by atoms with van der Waals surface area (Å²) in [7, 11) is 0. The van der Waals surface area contributed by atoms with Crippen LogP contribution in [0.5, 0.6) is 0 Å². The molecule has 9 heteroatoms. The van der Waals surface area contributed by atoms with Crippen LogP contribution in [0.1, 0.15) is 49.1 Å². The van der Waals surface area contributed by atoms with Crippen LogP contribution in [-0.2, 0) is 11.2 Å². The number of nitrogens with one attached hydrogen (secondary N) is 3. The van der Waals surface area contributed by atoms with Crippen LogP contribution in [0.25, 0.3) is 20.8 Å². The molecule has 3 aromatic rings. The molecule has 7 nitrogen and oxygen atoms in total. The van der Waals surface area contributed by atoms with Crippen LogP contribution in [0.15, 0.2) is 18.5 Å². The molecule has 5 heterocycles. The van der Waals surface area contributed by atoms with E-state index < -0.39 is 0 Å². The summed E-state index contributed by atoms with van der Waals surface area (Å²) in [5.41, 5.74) is 8.78. The molecule has 6 rings (SSSR count). The minimum atomic E-state index is -0.0502. The summed E-state index contributed by atoms with van der Waals surface area (Å²) in [6, 6.07) is 2.26. The van der Waals surface area contributed by atoms with Gasteiger partial charge in [0.25, 0.3) is 0 Å². The highest BCUT2D eigenvalue weighted by Crippen LogP contribution is 2.46. The van der Waals surface area contributed by atoms with E-state index >= 15 is 0 Å². The predicted octanol–water partition coefficient (Wildman–Crippen LogP) is 3.92. The normalized spacial score (nSPS) is 23.6. The van der Waals surface area contributed by atoms with E-state index in [-0.39, 0.29) is 11.9 Å². The van der Waals surface area contributed by atoms with E-state index in [2.05, 4.69) is 27.9 Å². The Morgan fingerprint density at radius 3 is 2.85 bits per heavy atom. The molecule has 5 N–H and O–H groups in total. The summed E-state index contributed by atoms with van der Waals surface area (Å²) in [6.07, 6.45) is 9.31. The number of thiazole rings is 1. The van der Waals surface area contributed by atoms with Crippen molar-refractivity contribution in [1.29, 1.82) is 0 Å². The number of pyridine rings is 1. The van der Waals surface area contributed by atoms with Crippen LogP contribution >= 0.6 is 22.7 Å². The highest BCUT2D eigenvalue weighted by Gasteiger charge is 2.31. The molecular weight excluding hydrogens is 452 g/mol. The maximum Gasteiger partial charge on any atom is 0.226 e. The second-order valence-corrected chi connectivity index (χ2v) is 11.2. The smallest absolute Gasteiger partial charge is 0.226 e. The van der Waals surface area contributed by atoms with Crippen LogP contribution < -0.4 is 21.7 Å². The molecule has 3 aliphatic rings. The Morgan fingerprint density at radius 1 is 1.27 bits per heavy atom. The molecule has 33 heavy (non-hydrogen) atoms. The van der Waals surface area contributed by atoms with Crippen LogP contribution in [0.3, 0.4) is 0 Å². The number of hydrogen-bond donors (Lipinski definition) is 4. The molecule has 0 radical (unpaired) electrons. The van der Waals surface area contributed by atoms with Crippen molar-refractivity contribution in [3.05, 3.63) is 28.9 Å². The molecule has 3 atom stereocenters. The molecule has 2 fully saturated rings. The number of fused-ring (bicyclic) bond motifs is 3. The molecule has 3 unspecified atom stereocenters. The molecule has 1 amide bonds. The highest BCUT2D eigenvalue weighted by atomic mass is 32.1. The van der Waals surface area contributed by atoms with Gasteiger partial charge in [0.1, 0.15) is 15.5 Å². The first-order valence-electron chi connectivity index (χ1n) is 11.9. The summed E-state index contributed by atoms with van der Waals surface area (Å²) in [4.78, 5) is 22.3. The van der Waals surface area contributed by atoms with E-state index in [0.717, 1.165) is 50.6 Å². The Labute approximate surface area is 202 Å². The lowest BCUT2D eigenvalue weighted by Crippen LogP contribution is -2.26. The number of rotatable bonds is 4. The zero-order chi connectivity index (χ0) is 22.8. The highest BCUT2D eigenvalue weighted by molar-refractivity contribution is 7.23. The first-order valence-corrected chi connectivity index (χ1v) is 13.6. The number of aromatic nitrogens is 2. The van der Waals surface area contributed by atoms with Crippen molar-refractivity contribution in [2.45, 2.75) is 45.1 Å². The average Bonchev–Trinajstić information content (AvgIpc) is 3.56. The van der Waals surface area contributed by atoms with Gasteiger partial charge >= 0.3 is 0 Å². The molecular formula is C24H32N6OS2. The summed E-state index contributed by atoms with van der Waals surface area (Å²) >= 11 is 3.29. The summed E-state index contributed by atoms with van der Waals surface area (Å²) < 4.78 is 1.10.